The molecule has 0 radical (unpaired) electrons. The van der Waals surface area contributed by atoms with Gasteiger partial charge in [-0.15, -0.1) is 0 Å². The third-order valence-corrected chi connectivity index (χ3v) is 4.55. The van der Waals surface area contributed by atoms with Crippen LogP contribution in [0, 0.1) is 17.6 Å². The highest BCUT2D eigenvalue weighted by Gasteiger charge is 2.23. The molecule has 0 saturated carbocycles. The van der Waals surface area contributed by atoms with E-state index in [1.165, 1.54) is 18.5 Å². The summed E-state index contributed by atoms with van der Waals surface area (Å²) < 4.78 is 26.5. The first-order valence-electron chi connectivity index (χ1n) is 8.19. The second kappa shape index (κ2) is 6.58. The van der Waals surface area contributed by atoms with E-state index in [9.17, 15) is 8.78 Å². The van der Waals surface area contributed by atoms with Crippen molar-refractivity contribution in [2.45, 2.75) is 6.42 Å². The number of benzene rings is 1. The number of anilines is 2. The van der Waals surface area contributed by atoms with Gasteiger partial charge in [-0.3, -0.25) is 4.98 Å². The number of pyridine rings is 1. The molecule has 5 nitrogen and oxygen atoms in total. The molecular weight excluding hydrogens is 324 g/mol. The lowest BCUT2D eigenvalue weighted by Crippen LogP contribution is -2.22. The van der Waals surface area contributed by atoms with Crippen LogP contribution in [0.4, 0.5) is 20.3 Å². The van der Waals surface area contributed by atoms with Crippen LogP contribution in [0.3, 0.4) is 0 Å². The van der Waals surface area contributed by atoms with Gasteiger partial charge < -0.3 is 10.2 Å². The molecular formula is C18H17F2N5. The monoisotopic (exact) mass is 341 g/mol. The Balaban J connectivity index is 1.42. The third kappa shape index (κ3) is 3.22. The van der Waals surface area contributed by atoms with E-state index in [1.807, 2.05) is 6.07 Å². The number of nitrogens with one attached hydrogen (secondary N) is 1. The minimum Gasteiger partial charge on any atom is -0.371 e. The maximum atomic E-state index is 13.4. The molecule has 1 atom stereocenters. The van der Waals surface area contributed by atoms with Crippen molar-refractivity contribution >= 4 is 22.4 Å². The Morgan fingerprint density at radius 3 is 2.96 bits per heavy atom. The lowest BCUT2D eigenvalue weighted by atomic mass is 10.1. The van der Waals surface area contributed by atoms with Crippen molar-refractivity contribution in [2.75, 3.05) is 29.9 Å². The molecule has 0 unspecified atom stereocenters. The van der Waals surface area contributed by atoms with Crippen molar-refractivity contribution in [1.29, 1.82) is 0 Å². The van der Waals surface area contributed by atoms with Gasteiger partial charge in [0.05, 0.1) is 10.9 Å². The lowest BCUT2D eigenvalue weighted by molar-refractivity contribution is 0.508. The Kier molecular flexibility index (Phi) is 4.13. The molecule has 0 amide bonds. The molecule has 4 rings (SSSR count). The van der Waals surface area contributed by atoms with E-state index in [2.05, 4.69) is 25.2 Å². The Hall–Kier alpha value is -2.83. The number of halogens is 2. The van der Waals surface area contributed by atoms with Crippen LogP contribution in [0.1, 0.15) is 6.42 Å². The van der Waals surface area contributed by atoms with Gasteiger partial charge in [-0.2, -0.15) is 0 Å². The van der Waals surface area contributed by atoms with E-state index in [4.69, 9.17) is 0 Å². The number of aromatic nitrogens is 3. The van der Waals surface area contributed by atoms with Crippen molar-refractivity contribution in [3.05, 3.63) is 54.6 Å². The summed E-state index contributed by atoms with van der Waals surface area (Å²) in [4.78, 5) is 14.7. The molecule has 3 aromatic rings. The van der Waals surface area contributed by atoms with Gasteiger partial charge in [-0.05, 0) is 30.5 Å². The van der Waals surface area contributed by atoms with Crippen LogP contribution in [-0.2, 0) is 0 Å². The second-order valence-electron chi connectivity index (χ2n) is 6.20. The van der Waals surface area contributed by atoms with E-state index in [-0.39, 0.29) is 0 Å². The summed E-state index contributed by atoms with van der Waals surface area (Å²) in [6, 6.07) is 5.91. The molecule has 1 saturated heterocycles. The Morgan fingerprint density at radius 1 is 1.16 bits per heavy atom. The van der Waals surface area contributed by atoms with Crippen molar-refractivity contribution in [3.63, 3.8) is 0 Å². The number of nitrogens with zero attached hydrogens (tertiary/aromatic N) is 4. The van der Waals surface area contributed by atoms with Gasteiger partial charge in [0.1, 0.15) is 12.1 Å². The summed E-state index contributed by atoms with van der Waals surface area (Å²) in [5.41, 5.74) is 1.57. The van der Waals surface area contributed by atoms with Crippen molar-refractivity contribution < 1.29 is 8.78 Å². The largest absolute Gasteiger partial charge is 0.371 e. The van der Waals surface area contributed by atoms with Crippen LogP contribution >= 0.6 is 0 Å². The Bertz CT molecular complexity index is 896. The summed E-state index contributed by atoms with van der Waals surface area (Å²) in [5, 5.41) is 4.26. The smallest absolute Gasteiger partial charge is 0.160 e. The van der Waals surface area contributed by atoms with Gasteiger partial charge in [0.15, 0.2) is 11.6 Å². The predicted molar refractivity (Wildman–Crippen MR) is 92.5 cm³/mol. The zero-order valence-electron chi connectivity index (χ0n) is 13.5. The summed E-state index contributed by atoms with van der Waals surface area (Å²) in [5.74, 6) is -0.455. The zero-order chi connectivity index (χ0) is 17.2. The van der Waals surface area contributed by atoms with Gasteiger partial charge in [-0.25, -0.2) is 18.7 Å². The maximum Gasteiger partial charge on any atom is 0.160 e. The number of hydrogen-bond acceptors (Lipinski definition) is 5. The van der Waals surface area contributed by atoms with Gasteiger partial charge >= 0.3 is 0 Å². The van der Waals surface area contributed by atoms with Gasteiger partial charge in [0.2, 0.25) is 0 Å². The van der Waals surface area contributed by atoms with E-state index < -0.39 is 11.6 Å². The molecule has 2 aromatic heterocycles. The first-order valence-corrected chi connectivity index (χ1v) is 8.19. The molecule has 1 aromatic carbocycles. The molecule has 3 heterocycles. The van der Waals surface area contributed by atoms with Crippen LogP contribution in [0.2, 0.25) is 0 Å². The minimum absolute atomic E-state index is 0.398. The molecule has 1 aliphatic heterocycles. The van der Waals surface area contributed by atoms with Gasteiger partial charge in [-0.1, -0.05) is 0 Å². The quantitative estimate of drug-likeness (QED) is 0.789. The molecule has 7 heteroatoms. The number of rotatable bonds is 4. The summed E-state index contributed by atoms with van der Waals surface area (Å²) in [7, 11) is 0. The molecule has 1 aliphatic rings. The number of hydrogen-bond donors (Lipinski definition) is 1. The van der Waals surface area contributed by atoms with Crippen molar-refractivity contribution in [1.82, 2.24) is 15.0 Å². The number of fused-ring (bicyclic) bond motifs is 1. The molecule has 0 aliphatic carbocycles. The molecule has 0 bridgehead atoms. The fourth-order valence-corrected chi connectivity index (χ4v) is 3.20. The van der Waals surface area contributed by atoms with Crippen LogP contribution in [0.25, 0.3) is 10.9 Å². The second-order valence-corrected chi connectivity index (χ2v) is 6.20. The van der Waals surface area contributed by atoms with E-state index >= 15 is 0 Å². The fraction of sp³-hybridized carbons (Fsp3) is 0.278. The predicted octanol–water partition coefficient (Wildman–Crippen LogP) is 3.24. The fourth-order valence-electron chi connectivity index (χ4n) is 3.20. The summed E-state index contributed by atoms with van der Waals surface area (Å²) in [6.07, 6.45) is 5.97. The van der Waals surface area contributed by atoms with E-state index in [1.54, 1.807) is 18.5 Å². The molecule has 25 heavy (non-hydrogen) atoms. The first-order chi connectivity index (χ1) is 12.2. The van der Waals surface area contributed by atoms with Crippen LogP contribution in [-0.4, -0.2) is 34.6 Å². The topological polar surface area (TPSA) is 53.9 Å². The first kappa shape index (κ1) is 15.7. The summed E-state index contributed by atoms with van der Waals surface area (Å²) >= 11 is 0. The molecule has 1 fully saturated rings. The lowest BCUT2D eigenvalue weighted by Gasteiger charge is -2.19. The van der Waals surface area contributed by atoms with E-state index in [0.29, 0.717) is 5.92 Å². The van der Waals surface area contributed by atoms with Crippen LogP contribution < -0.4 is 10.2 Å². The third-order valence-electron chi connectivity index (χ3n) is 4.55. The molecule has 0 spiro atoms. The van der Waals surface area contributed by atoms with Crippen LogP contribution in [0.15, 0.2) is 43.0 Å². The Morgan fingerprint density at radius 2 is 2.08 bits per heavy atom. The standard InChI is InChI=1S/C18H17F2N5/c19-15-2-1-13(7-16(15)20)25-6-4-12(10-25)8-22-18-14-9-21-5-3-17(14)23-11-24-18/h1-3,5,7,9,11-12H,4,6,8,10H2,(H,22,23,24)/t12-/m0/s1. The van der Waals surface area contributed by atoms with Gasteiger partial charge in [0.25, 0.3) is 0 Å². The highest BCUT2D eigenvalue weighted by Crippen LogP contribution is 2.26. The minimum atomic E-state index is -0.814. The zero-order valence-corrected chi connectivity index (χ0v) is 13.5. The average molecular weight is 341 g/mol. The molecule has 1 N–H and O–H groups in total. The summed E-state index contributed by atoms with van der Waals surface area (Å²) in [6.45, 7) is 2.37. The maximum absolute atomic E-state index is 13.4. The SMILES string of the molecule is Fc1ccc(N2CC[C@@H](CNc3ncnc4ccncc34)C2)cc1F. The average Bonchev–Trinajstić information content (AvgIpc) is 3.11. The van der Waals surface area contributed by atoms with Crippen LogP contribution in [0.5, 0.6) is 0 Å². The van der Waals surface area contributed by atoms with Crippen molar-refractivity contribution in [2.24, 2.45) is 5.92 Å². The highest BCUT2D eigenvalue weighted by atomic mass is 19.2. The molecule has 128 valence electrons. The Labute approximate surface area is 143 Å². The van der Waals surface area contributed by atoms with Crippen molar-refractivity contribution in [3.8, 4) is 0 Å². The highest BCUT2D eigenvalue weighted by molar-refractivity contribution is 5.87. The van der Waals surface area contributed by atoms with E-state index in [0.717, 1.165) is 48.5 Å². The normalized spacial score (nSPS) is 17.2. The van der Waals surface area contributed by atoms with Gasteiger partial charge in [0, 0.05) is 43.8 Å².